The lowest BCUT2D eigenvalue weighted by molar-refractivity contribution is 0.612. The molecule has 4 aromatic rings. The average Bonchev–Trinajstić information content (AvgIpc) is 3.08. The Morgan fingerprint density at radius 3 is 1.09 bits per heavy atom. The Labute approximate surface area is 287 Å². The molecule has 4 rings (SSSR count). The van der Waals surface area contributed by atoms with E-state index in [1.165, 1.54) is 143 Å². The van der Waals surface area contributed by atoms with Gasteiger partial charge >= 0.3 is 0 Å². The van der Waals surface area contributed by atoms with Crippen LogP contribution in [0.5, 0.6) is 0 Å². The van der Waals surface area contributed by atoms with Crippen molar-refractivity contribution in [3.63, 3.8) is 0 Å². The number of nitrogen functional groups attached to an aromatic ring is 2. The van der Waals surface area contributed by atoms with Gasteiger partial charge in [-0.1, -0.05) is 132 Å². The van der Waals surface area contributed by atoms with Gasteiger partial charge in [-0.05, 0) is 133 Å². The van der Waals surface area contributed by atoms with Crippen LogP contribution in [0.3, 0.4) is 0 Å². The number of benzene rings is 4. The van der Waals surface area contributed by atoms with Gasteiger partial charge in [0.15, 0.2) is 0 Å². The minimum atomic E-state index is 0.839. The molecule has 2 heteroatoms. The van der Waals surface area contributed by atoms with Crippen molar-refractivity contribution in [1.82, 2.24) is 0 Å². The van der Waals surface area contributed by atoms with E-state index < -0.39 is 0 Å². The van der Waals surface area contributed by atoms with E-state index in [0.29, 0.717) is 0 Å². The predicted octanol–water partition coefficient (Wildman–Crippen LogP) is 12.0. The van der Waals surface area contributed by atoms with Crippen molar-refractivity contribution < 1.29 is 0 Å². The third-order valence-corrected chi connectivity index (χ3v) is 9.82. The second-order valence-electron chi connectivity index (χ2n) is 13.9. The first-order valence-electron chi connectivity index (χ1n) is 18.9. The minimum absolute atomic E-state index is 0.839. The van der Waals surface area contributed by atoms with Crippen LogP contribution in [0, 0.1) is 0 Å². The van der Waals surface area contributed by atoms with Crippen molar-refractivity contribution >= 4 is 11.4 Å². The summed E-state index contributed by atoms with van der Waals surface area (Å²) in [5, 5.41) is 0. The molecule has 0 aliphatic heterocycles. The van der Waals surface area contributed by atoms with E-state index in [0.717, 1.165) is 24.2 Å². The highest BCUT2D eigenvalue weighted by Crippen LogP contribution is 2.23. The van der Waals surface area contributed by atoms with Gasteiger partial charge < -0.3 is 11.5 Å². The predicted molar refractivity (Wildman–Crippen MR) is 206 cm³/mol. The molecule has 0 radical (unpaired) electrons. The number of hydrogen-bond acceptors (Lipinski definition) is 2. The molecule has 4 N–H and O–H groups in total. The van der Waals surface area contributed by atoms with Crippen LogP contribution in [0.1, 0.15) is 142 Å². The average molecular weight is 631 g/mol. The van der Waals surface area contributed by atoms with Gasteiger partial charge in [-0.25, -0.2) is 0 Å². The smallest absolute Gasteiger partial charge is 0.0314 e. The lowest BCUT2D eigenvalue weighted by Gasteiger charge is -2.13. The number of nitrogens with two attached hydrogens (primary N) is 2. The number of aryl methyl sites for hydroxylation is 4. The largest absolute Gasteiger partial charge is 0.399 e. The molecule has 0 saturated heterocycles. The van der Waals surface area contributed by atoms with Gasteiger partial charge in [0.2, 0.25) is 0 Å². The van der Waals surface area contributed by atoms with Crippen LogP contribution < -0.4 is 11.5 Å². The minimum Gasteiger partial charge on any atom is -0.399 e. The van der Waals surface area contributed by atoms with Gasteiger partial charge in [-0.3, -0.25) is 0 Å². The molecule has 0 bridgehead atoms. The third-order valence-electron chi connectivity index (χ3n) is 9.82. The molecule has 0 fully saturated rings. The molecule has 0 aliphatic carbocycles. The maximum Gasteiger partial charge on any atom is 0.0314 e. The van der Waals surface area contributed by atoms with Gasteiger partial charge in [-0.15, -0.1) is 0 Å². The van der Waals surface area contributed by atoms with Gasteiger partial charge in [0, 0.05) is 11.4 Å². The summed E-state index contributed by atoms with van der Waals surface area (Å²) in [6.07, 6.45) is 23.8. The van der Waals surface area contributed by atoms with Gasteiger partial charge in [0.1, 0.15) is 0 Å². The first kappa shape index (κ1) is 36.3. The lowest BCUT2D eigenvalue weighted by atomic mass is 9.92. The molecular weight excluding hydrogens is 569 g/mol. The molecule has 0 spiro atoms. The first-order valence-corrected chi connectivity index (χ1v) is 18.9. The molecule has 4 aromatic carbocycles. The molecule has 0 aromatic heterocycles. The fourth-order valence-electron chi connectivity index (χ4n) is 6.86. The topological polar surface area (TPSA) is 52.0 Å². The van der Waals surface area contributed by atoms with Crippen LogP contribution in [0.2, 0.25) is 0 Å². The molecule has 0 atom stereocenters. The molecular formula is C45H62N2. The molecule has 0 aliphatic rings. The van der Waals surface area contributed by atoms with E-state index in [-0.39, 0.29) is 0 Å². The second-order valence-corrected chi connectivity index (χ2v) is 13.9. The van der Waals surface area contributed by atoms with Gasteiger partial charge in [0.25, 0.3) is 0 Å². The fraction of sp³-hybridized carbons (Fsp3) is 0.467. The number of hydrogen-bond donors (Lipinski definition) is 2. The van der Waals surface area contributed by atoms with E-state index in [1.807, 2.05) is 24.3 Å². The summed E-state index contributed by atoms with van der Waals surface area (Å²) >= 11 is 0. The third kappa shape index (κ3) is 13.3. The molecule has 0 amide bonds. The maximum absolute atomic E-state index is 5.93. The van der Waals surface area contributed by atoms with Crippen molar-refractivity contribution in [3.05, 3.63) is 129 Å². The van der Waals surface area contributed by atoms with Crippen molar-refractivity contribution in [3.8, 4) is 0 Å². The zero-order valence-corrected chi connectivity index (χ0v) is 29.7. The van der Waals surface area contributed by atoms with Gasteiger partial charge in [-0.2, -0.15) is 0 Å². The summed E-state index contributed by atoms with van der Waals surface area (Å²) in [5.41, 5.74) is 25.3. The van der Waals surface area contributed by atoms with Crippen LogP contribution in [0.4, 0.5) is 11.4 Å². The highest BCUT2D eigenvalue weighted by Gasteiger charge is 2.09. The summed E-state index contributed by atoms with van der Waals surface area (Å²) < 4.78 is 0. The van der Waals surface area contributed by atoms with E-state index in [4.69, 9.17) is 11.5 Å². The second kappa shape index (κ2) is 20.7. The number of unbranched alkanes of at least 4 members (excludes halogenated alkanes) is 10. The quantitative estimate of drug-likeness (QED) is 0.0670. The Balaban J connectivity index is 1.23. The van der Waals surface area contributed by atoms with Gasteiger partial charge in [0.05, 0.1) is 0 Å². The number of rotatable bonds is 22. The monoisotopic (exact) mass is 630 g/mol. The summed E-state index contributed by atoms with van der Waals surface area (Å²) in [7, 11) is 0. The zero-order chi connectivity index (χ0) is 33.1. The lowest BCUT2D eigenvalue weighted by Crippen LogP contribution is -2.00. The Morgan fingerprint density at radius 2 is 0.681 bits per heavy atom. The van der Waals surface area contributed by atoms with E-state index in [1.54, 1.807) is 11.1 Å². The highest BCUT2D eigenvalue weighted by molar-refractivity contribution is 5.43. The molecule has 0 saturated carbocycles. The Bertz CT molecular complexity index is 1320. The van der Waals surface area contributed by atoms with Crippen LogP contribution in [-0.4, -0.2) is 0 Å². The molecule has 0 unspecified atom stereocenters. The summed E-state index contributed by atoms with van der Waals surface area (Å²) in [5.74, 6) is 0. The SMILES string of the molecule is CCCCCCc1cc(CCCCCCCc2ccc(Cc3ccc(N)cc3)c(CCCCCC)c2)ccc1Cc1ccc(N)cc1. The van der Waals surface area contributed by atoms with Crippen molar-refractivity contribution in [2.24, 2.45) is 0 Å². The summed E-state index contributed by atoms with van der Waals surface area (Å²) in [6.45, 7) is 4.59. The van der Waals surface area contributed by atoms with Crippen LogP contribution in [-0.2, 0) is 38.5 Å². The van der Waals surface area contributed by atoms with Crippen molar-refractivity contribution in [1.29, 1.82) is 0 Å². The van der Waals surface area contributed by atoms with E-state index in [2.05, 4.69) is 74.5 Å². The molecule has 2 nitrogen and oxygen atoms in total. The fourth-order valence-corrected chi connectivity index (χ4v) is 6.86. The first-order chi connectivity index (χ1) is 23.0. The van der Waals surface area contributed by atoms with Crippen LogP contribution in [0.25, 0.3) is 0 Å². The zero-order valence-electron chi connectivity index (χ0n) is 29.7. The normalized spacial score (nSPS) is 11.3. The molecule has 0 heterocycles. The summed E-state index contributed by atoms with van der Waals surface area (Å²) in [6, 6.07) is 31.4. The maximum atomic E-state index is 5.93. The molecule has 47 heavy (non-hydrogen) atoms. The Kier molecular flexibility index (Phi) is 16.0. The summed E-state index contributed by atoms with van der Waals surface area (Å²) in [4.78, 5) is 0. The van der Waals surface area contributed by atoms with Crippen molar-refractivity contribution in [2.75, 3.05) is 11.5 Å². The number of anilines is 2. The Hall–Kier alpha value is -3.52. The standard InChI is InChI=1S/C45H62N2/c1-3-5-7-14-18-40-32-36(20-26-42(40)34-38-22-28-44(46)29-23-38)16-12-10-9-11-13-17-37-21-27-43(35-39-24-30-45(47)31-25-39)41(33-37)19-15-8-6-4-2/h20-33H,3-19,34-35,46-47H2,1-2H3. The Morgan fingerprint density at radius 1 is 0.340 bits per heavy atom. The molecule has 252 valence electrons. The van der Waals surface area contributed by atoms with E-state index >= 15 is 0 Å². The van der Waals surface area contributed by atoms with Crippen LogP contribution >= 0.6 is 0 Å². The highest BCUT2D eigenvalue weighted by atomic mass is 14.5. The van der Waals surface area contributed by atoms with E-state index in [9.17, 15) is 0 Å². The van der Waals surface area contributed by atoms with Crippen LogP contribution in [0.15, 0.2) is 84.9 Å². The van der Waals surface area contributed by atoms with Crippen molar-refractivity contribution in [2.45, 2.75) is 136 Å².